The molecule has 0 aliphatic carbocycles. The Kier molecular flexibility index (Phi) is 8.69. The number of benzene rings is 1. The molecule has 2 N–H and O–H groups in total. The van der Waals surface area contributed by atoms with Gasteiger partial charge in [0.1, 0.15) is 0 Å². The Morgan fingerprint density at radius 3 is 2.68 bits per heavy atom. The lowest BCUT2D eigenvalue weighted by molar-refractivity contribution is -0.135. The summed E-state index contributed by atoms with van der Waals surface area (Å²) in [7, 11) is 3.38. The summed E-state index contributed by atoms with van der Waals surface area (Å²) < 4.78 is 11.4. The highest BCUT2D eigenvalue weighted by Gasteiger charge is 2.18. The van der Waals surface area contributed by atoms with Crippen LogP contribution in [0.15, 0.2) is 23.3 Å². The number of nitrogens with one attached hydrogen (secondary N) is 2. The molecule has 1 aromatic rings. The lowest BCUT2D eigenvalue weighted by atomic mass is 10.2. The van der Waals surface area contributed by atoms with Crippen molar-refractivity contribution in [3.05, 3.63) is 23.8 Å². The van der Waals surface area contributed by atoms with Gasteiger partial charge >= 0.3 is 0 Å². The number of hydrogen-bond donors (Lipinski definition) is 2. The van der Waals surface area contributed by atoms with Crippen LogP contribution in [0.2, 0.25) is 0 Å². The quantitative estimate of drug-likeness (QED) is 0.415. The van der Waals surface area contributed by atoms with Gasteiger partial charge in [-0.15, -0.1) is 0 Å². The molecule has 0 unspecified atom stereocenters. The minimum atomic E-state index is -0.604. The van der Waals surface area contributed by atoms with Crippen molar-refractivity contribution in [2.45, 2.75) is 26.9 Å². The first kappa shape index (κ1) is 20.7. The van der Waals surface area contributed by atoms with Crippen molar-refractivity contribution in [2.24, 2.45) is 5.10 Å². The zero-order valence-corrected chi connectivity index (χ0v) is 16.1. The highest BCUT2D eigenvalue weighted by Crippen LogP contribution is 2.29. The van der Waals surface area contributed by atoms with Gasteiger partial charge in [0, 0.05) is 20.6 Å². The monoisotopic (exact) mass is 366 g/mol. The molecule has 0 radical (unpaired) electrons. The minimum Gasteiger partial charge on any atom is -0.490 e. The van der Waals surface area contributed by atoms with E-state index in [-0.39, 0.29) is 5.91 Å². The van der Waals surface area contributed by atoms with Gasteiger partial charge < -0.3 is 19.7 Å². The van der Waals surface area contributed by atoms with Crippen molar-refractivity contribution >= 4 is 29.5 Å². The average Bonchev–Trinajstić information content (AvgIpc) is 2.56. The fraction of sp³-hybridized carbons (Fsp3) is 0.471. The van der Waals surface area contributed by atoms with E-state index in [0.717, 1.165) is 12.1 Å². The second-order valence-electron chi connectivity index (χ2n) is 5.36. The van der Waals surface area contributed by atoms with Gasteiger partial charge in [-0.25, -0.2) is 0 Å². The van der Waals surface area contributed by atoms with E-state index in [9.17, 15) is 4.79 Å². The molecule has 0 bridgehead atoms. The third-order valence-corrected chi connectivity index (χ3v) is 3.31. The summed E-state index contributed by atoms with van der Waals surface area (Å²) in [6.45, 7) is 6.75. The molecule has 7 nitrogen and oxygen atoms in total. The van der Waals surface area contributed by atoms with Crippen LogP contribution in [-0.2, 0) is 4.79 Å². The molecule has 0 aliphatic heterocycles. The van der Waals surface area contributed by atoms with Gasteiger partial charge in [-0.1, -0.05) is 0 Å². The largest absolute Gasteiger partial charge is 0.490 e. The second kappa shape index (κ2) is 10.5. The molecule has 25 heavy (non-hydrogen) atoms. The van der Waals surface area contributed by atoms with Crippen LogP contribution >= 0.6 is 12.2 Å². The minimum absolute atomic E-state index is 0.116. The number of amides is 1. The zero-order valence-electron chi connectivity index (χ0n) is 15.3. The van der Waals surface area contributed by atoms with E-state index in [1.54, 1.807) is 39.4 Å². The van der Waals surface area contributed by atoms with Crippen molar-refractivity contribution < 1.29 is 14.3 Å². The third kappa shape index (κ3) is 6.96. The predicted molar refractivity (Wildman–Crippen MR) is 103 cm³/mol. The Hall–Kier alpha value is -2.35. The van der Waals surface area contributed by atoms with Crippen molar-refractivity contribution in [2.75, 3.05) is 27.2 Å². The molecule has 1 amide bonds. The van der Waals surface area contributed by atoms with E-state index in [1.807, 2.05) is 19.9 Å². The van der Waals surface area contributed by atoms with E-state index in [0.29, 0.717) is 23.2 Å². The standard InChI is InChI=1S/C17H26N4O3S/c1-6-18-17(25)20-19-11-13-8-9-14(15(10-13)23-7-2)24-12(3)16(22)21(4)5/h8-12H,6-7H2,1-5H3,(H2,18,20,25)/b19-11-/t12-/m0/s1. The summed E-state index contributed by atoms with van der Waals surface area (Å²) in [5.41, 5.74) is 3.54. The van der Waals surface area contributed by atoms with Gasteiger partial charge in [0.25, 0.3) is 5.91 Å². The number of thiocarbonyl (C=S) groups is 1. The molecule has 138 valence electrons. The first-order valence-corrected chi connectivity index (χ1v) is 8.51. The van der Waals surface area contributed by atoms with Gasteiger partial charge in [0.2, 0.25) is 0 Å². The molecular formula is C17H26N4O3S. The smallest absolute Gasteiger partial charge is 0.262 e. The number of likely N-dealkylation sites (N-methyl/N-ethyl adjacent to an activating group) is 1. The first-order valence-electron chi connectivity index (χ1n) is 8.10. The predicted octanol–water partition coefficient (Wildman–Crippen LogP) is 1.76. The average molecular weight is 366 g/mol. The molecule has 0 aromatic heterocycles. The van der Waals surface area contributed by atoms with Gasteiger partial charge in [0.15, 0.2) is 22.7 Å². The molecule has 0 spiro atoms. The number of carbonyl (C=O) groups is 1. The van der Waals surface area contributed by atoms with Gasteiger partial charge in [-0.3, -0.25) is 10.2 Å². The molecule has 0 saturated carbocycles. The van der Waals surface area contributed by atoms with Crippen LogP contribution in [0.3, 0.4) is 0 Å². The van der Waals surface area contributed by atoms with Crippen molar-refractivity contribution in [1.82, 2.24) is 15.6 Å². The normalized spacial score (nSPS) is 11.7. The molecular weight excluding hydrogens is 340 g/mol. The number of hydrazone groups is 1. The van der Waals surface area contributed by atoms with Crippen LogP contribution < -0.4 is 20.2 Å². The van der Waals surface area contributed by atoms with Crippen LogP contribution in [0.4, 0.5) is 0 Å². The molecule has 0 saturated heterocycles. The number of carbonyl (C=O) groups excluding carboxylic acids is 1. The number of ether oxygens (including phenoxy) is 2. The summed E-state index contributed by atoms with van der Waals surface area (Å²) in [6, 6.07) is 5.38. The lowest BCUT2D eigenvalue weighted by Gasteiger charge is -2.20. The Morgan fingerprint density at radius 1 is 1.36 bits per heavy atom. The molecule has 1 aromatic carbocycles. The van der Waals surface area contributed by atoms with E-state index >= 15 is 0 Å². The van der Waals surface area contributed by atoms with E-state index in [2.05, 4.69) is 15.8 Å². The fourth-order valence-corrected chi connectivity index (χ4v) is 2.14. The van der Waals surface area contributed by atoms with Gasteiger partial charge in [-0.05, 0) is 56.8 Å². The Bertz CT molecular complexity index is 620. The van der Waals surface area contributed by atoms with Crippen LogP contribution in [0.1, 0.15) is 26.3 Å². The second-order valence-corrected chi connectivity index (χ2v) is 5.77. The Labute approximate surface area is 154 Å². The van der Waals surface area contributed by atoms with E-state index in [4.69, 9.17) is 21.7 Å². The van der Waals surface area contributed by atoms with Gasteiger partial charge in [0.05, 0.1) is 12.8 Å². The van der Waals surface area contributed by atoms with E-state index in [1.165, 1.54) is 4.90 Å². The maximum Gasteiger partial charge on any atom is 0.262 e. The van der Waals surface area contributed by atoms with Crippen LogP contribution in [0.25, 0.3) is 0 Å². The highest BCUT2D eigenvalue weighted by molar-refractivity contribution is 7.80. The summed E-state index contributed by atoms with van der Waals surface area (Å²) in [4.78, 5) is 13.4. The third-order valence-electron chi connectivity index (χ3n) is 3.08. The van der Waals surface area contributed by atoms with Crippen LogP contribution in [-0.4, -0.2) is 55.5 Å². The Morgan fingerprint density at radius 2 is 2.08 bits per heavy atom. The summed E-state index contributed by atoms with van der Waals surface area (Å²) >= 11 is 5.03. The number of rotatable bonds is 8. The molecule has 0 heterocycles. The first-order chi connectivity index (χ1) is 11.9. The molecule has 1 rings (SSSR count). The SMILES string of the molecule is CCNC(=S)N/N=C\c1ccc(O[C@@H](C)C(=O)N(C)C)c(OCC)c1. The summed E-state index contributed by atoms with van der Waals surface area (Å²) in [5, 5.41) is 7.47. The number of nitrogens with zero attached hydrogens (tertiary/aromatic N) is 2. The molecule has 0 aliphatic rings. The summed E-state index contributed by atoms with van der Waals surface area (Å²) in [5.74, 6) is 0.950. The lowest BCUT2D eigenvalue weighted by Crippen LogP contribution is -2.35. The zero-order chi connectivity index (χ0) is 18.8. The van der Waals surface area contributed by atoms with Crippen molar-refractivity contribution in [3.63, 3.8) is 0 Å². The van der Waals surface area contributed by atoms with Crippen LogP contribution in [0, 0.1) is 0 Å². The Balaban J connectivity index is 2.86. The topological polar surface area (TPSA) is 75.2 Å². The molecule has 8 heteroatoms. The maximum atomic E-state index is 12.0. The van der Waals surface area contributed by atoms with Crippen molar-refractivity contribution in [3.8, 4) is 11.5 Å². The van der Waals surface area contributed by atoms with Gasteiger partial charge in [-0.2, -0.15) is 5.10 Å². The van der Waals surface area contributed by atoms with Crippen molar-refractivity contribution in [1.29, 1.82) is 0 Å². The highest BCUT2D eigenvalue weighted by atomic mass is 32.1. The molecule has 1 atom stereocenters. The van der Waals surface area contributed by atoms with E-state index < -0.39 is 6.10 Å². The fourth-order valence-electron chi connectivity index (χ4n) is 1.94. The summed E-state index contributed by atoms with van der Waals surface area (Å²) in [6.07, 6.45) is 1.03. The van der Waals surface area contributed by atoms with Crippen LogP contribution in [0.5, 0.6) is 11.5 Å². The molecule has 0 fully saturated rings. The maximum absolute atomic E-state index is 12.0. The number of hydrogen-bond acceptors (Lipinski definition) is 5.